The number of nitrogens with one attached hydrogen (secondary N) is 1. The second kappa shape index (κ2) is 9.60. The first kappa shape index (κ1) is 26.0. The standard InChI is InChI=1S/C26H24Cl2F3N3O3/c1-14-6-16(4-5-20(14)23(35)33-22-12-37-34(24(22)36)11-15-2-3-15)21-10-25(13-32-21,26(29,30)31)17-7-18(27)9-19(28)8-17/h4-9,15,22H,2-3,10-13H2,1H3,(H,33,35)/t22-,25?/m1/s1. The number of aryl methyl sites for hydroxylation is 1. The van der Waals surface area contributed by atoms with Gasteiger partial charge < -0.3 is 5.32 Å². The molecule has 11 heteroatoms. The highest BCUT2D eigenvalue weighted by atomic mass is 35.5. The maximum absolute atomic E-state index is 14.4. The zero-order chi connectivity index (χ0) is 26.5. The number of rotatable bonds is 6. The van der Waals surface area contributed by atoms with Crippen molar-refractivity contribution >= 4 is 40.7 Å². The van der Waals surface area contributed by atoms with Gasteiger partial charge in [0.2, 0.25) is 0 Å². The van der Waals surface area contributed by atoms with Gasteiger partial charge in [0.15, 0.2) is 0 Å². The first-order chi connectivity index (χ1) is 17.5. The van der Waals surface area contributed by atoms with Crippen LogP contribution in [0.25, 0.3) is 0 Å². The number of alkyl halides is 3. The number of amides is 2. The molecule has 2 amide bonds. The van der Waals surface area contributed by atoms with Crippen molar-refractivity contribution in [1.82, 2.24) is 10.4 Å². The summed E-state index contributed by atoms with van der Waals surface area (Å²) in [6.07, 6.45) is -2.84. The van der Waals surface area contributed by atoms with Gasteiger partial charge in [0.1, 0.15) is 18.1 Å². The normalized spacial score (nSPS) is 23.9. The highest BCUT2D eigenvalue weighted by Crippen LogP contribution is 2.48. The molecule has 5 rings (SSSR count). The van der Waals surface area contributed by atoms with E-state index in [4.69, 9.17) is 28.0 Å². The molecular formula is C26H24Cl2F3N3O3. The fraction of sp³-hybridized carbons (Fsp3) is 0.423. The van der Waals surface area contributed by atoms with Crippen LogP contribution in [-0.2, 0) is 15.0 Å². The molecule has 1 saturated heterocycles. The SMILES string of the molecule is Cc1cc(C2=NCC(c3cc(Cl)cc(Cl)c3)(C(F)(F)F)C2)ccc1C(=O)N[C@@H]1CON(CC2CC2)C1=O. The largest absolute Gasteiger partial charge is 0.400 e. The third-order valence-corrected chi connectivity index (χ3v) is 7.57. The Hall–Kier alpha value is -2.62. The zero-order valence-corrected chi connectivity index (χ0v) is 21.4. The summed E-state index contributed by atoms with van der Waals surface area (Å²) in [5, 5.41) is 4.26. The predicted molar refractivity (Wildman–Crippen MR) is 133 cm³/mol. The minimum absolute atomic E-state index is 0.0388. The third-order valence-electron chi connectivity index (χ3n) is 7.14. The topological polar surface area (TPSA) is 71.0 Å². The lowest BCUT2D eigenvalue weighted by molar-refractivity contribution is -0.183. The van der Waals surface area contributed by atoms with Gasteiger partial charge in [-0.1, -0.05) is 29.3 Å². The van der Waals surface area contributed by atoms with E-state index in [2.05, 4.69) is 10.3 Å². The summed E-state index contributed by atoms with van der Waals surface area (Å²) >= 11 is 12.0. The highest BCUT2D eigenvalue weighted by Gasteiger charge is 2.58. The van der Waals surface area contributed by atoms with Gasteiger partial charge in [-0.25, -0.2) is 5.06 Å². The zero-order valence-electron chi connectivity index (χ0n) is 19.9. The summed E-state index contributed by atoms with van der Waals surface area (Å²) in [5.74, 6) is -0.274. The van der Waals surface area contributed by atoms with E-state index in [9.17, 15) is 22.8 Å². The minimum atomic E-state index is -4.59. The quantitative estimate of drug-likeness (QED) is 0.529. The van der Waals surface area contributed by atoms with Crippen LogP contribution >= 0.6 is 23.2 Å². The summed E-state index contributed by atoms with van der Waals surface area (Å²) in [6, 6.07) is 7.91. The number of benzene rings is 2. The second-order valence-electron chi connectivity index (χ2n) is 9.87. The molecule has 2 fully saturated rings. The summed E-state index contributed by atoms with van der Waals surface area (Å²) in [4.78, 5) is 35.1. The Morgan fingerprint density at radius 2 is 1.89 bits per heavy atom. The number of carbonyl (C=O) groups is 2. The molecule has 2 heterocycles. The number of nitrogens with zero attached hydrogens (tertiary/aromatic N) is 2. The molecule has 2 aromatic rings. The molecule has 0 aromatic heterocycles. The number of hydroxylamine groups is 2. The van der Waals surface area contributed by atoms with Gasteiger partial charge in [0.05, 0.1) is 13.1 Å². The van der Waals surface area contributed by atoms with Crippen LogP contribution in [0.2, 0.25) is 10.0 Å². The molecule has 1 unspecified atom stereocenters. The van der Waals surface area contributed by atoms with Gasteiger partial charge in [0.25, 0.3) is 11.8 Å². The molecule has 1 N–H and O–H groups in total. The average molecular weight is 554 g/mol. The van der Waals surface area contributed by atoms with Crippen molar-refractivity contribution in [3.05, 3.63) is 68.7 Å². The maximum atomic E-state index is 14.4. The van der Waals surface area contributed by atoms with Crippen molar-refractivity contribution in [2.75, 3.05) is 19.7 Å². The molecule has 2 atom stereocenters. The van der Waals surface area contributed by atoms with Crippen LogP contribution in [0.15, 0.2) is 41.4 Å². The Morgan fingerprint density at radius 3 is 2.51 bits per heavy atom. The molecule has 2 aromatic carbocycles. The Balaban J connectivity index is 1.32. The van der Waals surface area contributed by atoms with Crippen LogP contribution in [-0.4, -0.2) is 54.5 Å². The Bertz CT molecular complexity index is 1280. The van der Waals surface area contributed by atoms with E-state index in [1.165, 1.54) is 29.3 Å². The van der Waals surface area contributed by atoms with Crippen molar-refractivity contribution < 1.29 is 27.6 Å². The van der Waals surface area contributed by atoms with E-state index < -0.39 is 30.1 Å². The van der Waals surface area contributed by atoms with E-state index in [-0.39, 0.29) is 40.3 Å². The molecule has 196 valence electrons. The van der Waals surface area contributed by atoms with Gasteiger partial charge in [-0.15, -0.1) is 0 Å². The smallest absolute Gasteiger partial charge is 0.338 e. The Labute approximate surface area is 221 Å². The highest BCUT2D eigenvalue weighted by molar-refractivity contribution is 6.34. The molecule has 1 saturated carbocycles. The van der Waals surface area contributed by atoms with E-state index in [1.54, 1.807) is 19.1 Å². The molecule has 37 heavy (non-hydrogen) atoms. The van der Waals surface area contributed by atoms with Crippen molar-refractivity contribution in [2.24, 2.45) is 10.9 Å². The number of halogens is 5. The van der Waals surface area contributed by atoms with E-state index in [0.29, 0.717) is 29.2 Å². The van der Waals surface area contributed by atoms with Crippen molar-refractivity contribution in [3.8, 4) is 0 Å². The van der Waals surface area contributed by atoms with Crippen molar-refractivity contribution in [2.45, 2.75) is 43.8 Å². The van der Waals surface area contributed by atoms with Crippen LogP contribution in [0.3, 0.4) is 0 Å². The van der Waals surface area contributed by atoms with Crippen LogP contribution < -0.4 is 5.32 Å². The number of aliphatic imine (C=N–C) groups is 1. The minimum Gasteiger partial charge on any atom is -0.338 e. The number of carbonyl (C=O) groups excluding carboxylic acids is 2. The van der Waals surface area contributed by atoms with Crippen LogP contribution in [0, 0.1) is 12.8 Å². The lowest BCUT2D eigenvalue weighted by atomic mass is 9.76. The third kappa shape index (κ3) is 5.09. The molecule has 1 aliphatic carbocycles. The van der Waals surface area contributed by atoms with Gasteiger partial charge in [-0.2, -0.15) is 13.2 Å². The van der Waals surface area contributed by atoms with Gasteiger partial charge in [0, 0.05) is 27.7 Å². The summed E-state index contributed by atoms with van der Waals surface area (Å²) in [5.41, 5.74) is -0.657. The molecule has 0 radical (unpaired) electrons. The molecule has 3 aliphatic rings. The van der Waals surface area contributed by atoms with E-state index >= 15 is 0 Å². The fourth-order valence-corrected chi connectivity index (χ4v) is 5.31. The first-order valence-electron chi connectivity index (χ1n) is 11.9. The fourth-order valence-electron chi connectivity index (χ4n) is 4.79. The number of hydrogen-bond acceptors (Lipinski definition) is 4. The summed E-state index contributed by atoms with van der Waals surface area (Å²) in [7, 11) is 0. The first-order valence-corrected chi connectivity index (χ1v) is 12.7. The maximum Gasteiger partial charge on any atom is 0.400 e. The number of hydrogen-bond donors (Lipinski definition) is 1. The molecule has 0 bridgehead atoms. The monoisotopic (exact) mass is 553 g/mol. The Kier molecular flexibility index (Phi) is 6.75. The predicted octanol–water partition coefficient (Wildman–Crippen LogP) is 5.28. The molecule has 0 spiro atoms. The molecular weight excluding hydrogens is 530 g/mol. The van der Waals surface area contributed by atoms with Crippen LogP contribution in [0.5, 0.6) is 0 Å². The van der Waals surface area contributed by atoms with Crippen LogP contribution in [0.4, 0.5) is 13.2 Å². The second-order valence-corrected chi connectivity index (χ2v) is 10.7. The summed E-state index contributed by atoms with van der Waals surface area (Å²) < 4.78 is 43.1. The average Bonchev–Trinajstić information content (AvgIpc) is 3.40. The lowest BCUT2D eigenvalue weighted by Gasteiger charge is -2.31. The molecule has 6 nitrogen and oxygen atoms in total. The van der Waals surface area contributed by atoms with Crippen molar-refractivity contribution in [1.29, 1.82) is 0 Å². The lowest BCUT2D eigenvalue weighted by Crippen LogP contribution is -2.43. The van der Waals surface area contributed by atoms with E-state index in [1.807, 2.05) is 0 Å². The van der Waals surface area contributed by atoms with E-state index in [0.717, 1.165) is 12.8 Å². The van der Waals surface area contributed by atoms with Gasteiger partial charge in [-0.3, -0.25) is 19.4 Å². The van der Waals surface area contributed by atoms with Crippen LogP contribution in [0.1, 0.15) is 46.3 Å². The van der Waals surface area contributed by atoms with Gasteiger partial charge in [-0.05, 0) is 72.7 Å². The van der Waals surface area contributed by atoms with Gasteiger partial charge >= 0.3 is 6.18 Å². The molecule has 2 aliphatic heterocycles. The summed E-state index contributed by atoms with van der Waals surface area (Å²) in [6.45, 7) is 1.79. The Morgan fingerprint density at radius 1 is 1.19 bits per heavy atom. The van der Waals surface area contributed by atoms with Crippen molar-refractivity contribution in [3.63, 3.8) is 0 Å².